The van der Waals surface area contributed by atoms with Gasteiger partial charge in [-0.1, -0.05) is 18.2 Å². The third-order valence-electron chi connectivity index (χ3n) is 4.22. The summed E-state index contributed by atoms with van der Waals surface area (Å²) in [6.07, 6.45) is -4.40. The molecular weight excluding hydrogens is 415 g/mol. The maximum Gasteiger partial charge on any atom is 0.422 e. The van der Waals surface area contributed by atoms with Crippen LogP contribution in [-0.2, 0) is 13.1 Å². The lowest BCUT2D eigenvalue weighted by Crippen LogP contribution is -2.36. The second-order valence-electron chi connectivity index (χ2n) is 6.32. The molecule has 0 unspecified atom stereocenters. The number of aliphatic imine (C=N–C) groups is 1. The average Bonchev–Trinajstić information content (AvgIpc) is 2.76. The smallest absolute Gasteiger partial charge is 0.422 e. The number of ether oxygens (including phenoxy) is 4. The number of nitrogens with one attached hydrogen (secondary N) is 2. The molecule has 0 aliphatic heterocycles. The third-order valence-corrected chi connectivity index (χ3v) is 4.22. The van der Waals surface area contributed by atoms with Gasteiger partial charge in [0.15, 0.2) is 24.1 Å². The Bertz CT molecular complexity index is 863. The summed E-state index contributed by atoms with van der Waals surface area (Å²) in [4.78, 5) is 4.14. The molecule has 0 heterocycles. The maximum atomic E-state index is 12.5. The number of guanidine groups is 1. The number of methoxy groups -OCH3 is 3. The first-order chi connectivity index (χ1) is 14.8. The second-order valence-corrected chi connectivity index (χ2v) is 6.32. The summed E-state index contributed by atoms with van der Waals surface area (Å²) in [5, 5.41) is 6.20. The Morgan fingerprint density at radius 3 is 2.06 bits per heavy atom. The van der Waals surface area contributed by atoms with Gasteiger partial charge in [0.2, 0.25) is 5.75 Å². The minimum atomic E-state index is -4.40. The number of hydrogen-bond donors (Lipinski definition) is 2. The molecule has 0 fully saturated rings. The molecule has 0 aliphatic carbocycles. The van der Waals surface area contributed by atoms with Crippen LogP contribution in [0.2, 0.25) is 0 Å². The van der Waals surface area contributed by atoms with E-state index in [1.165, 1.54) is 27.4 Å². The predicted molar refractivity (Wildman–Crippen MR) is 111 cm³/mol. The number of alkyl halides is 3. The number of benzene rings is 2. The summed E-state index contributed by atoms with van der Waals surface area (Å²) >= 11 is 0. The Kier molecular flexibility index (Phi) is 8.65. The van der Waals surface area contributed by atoms with E-state index in [0.717, 1.165) is 5.56 Å². The first-order valence-electron chi connectivity index (χ1n) is 9.32. The summed E-state index contributed by atoms with van der Waals surface area (Å²) < 4.78 is 58.3. The maximum absolute atomic E-state index is 12.5. The third kappa shape index (κ3) is 7.16. The molecule has 170 valence electrons. The van der Waals surface area contributed by atoms with Crippen LogP contribution in [0.3, 0.4) is 0 Å². The summed E-state index contributed by atoms with van der Waals surface area (Å²) in [6.45, 7) is -0.732. The highest BCUT2D eigenvalue weighted by molar-refractivity contribution is 5.79. The summed E-state index contributed by atoms with van der Waals surface area (Å²) in [6, 6.07) is 10.1. The predicted octanol–water partition coefficient (Wildman–Crippen LogP) is 3.52. The van der Waals surface area contributed by atoms with E-state index < -0.39 is 12.8 Å². The molecule has 0 aliphatic rings. The van der Waals surface area contributed by atoms with Crippen LogP contribution >= 0.6 is 0 Å². The fraction of sp³-hybridized carbons (Fsp3) is 0.381. The zero-order chi connectivity index (χ0) is 22.9. The molecule has 2 aromatic carbocycles. The standard InChI is InChI=1S/C21H26F3N3O4/c1-25-20(26-11-14-9-17(28-2)19(30-4)18(10-14)29-3)27-12-15-7-5-6-8-16(15)31-13-21(22,23)24/h5-10H,11-13H2,1-4H3,(H2,25,26,27). The SMILES string of the molecule is CN=C(NCc1cc(OC)c(OC)c(OC)c1)NCc1ccccc1OCC(F)(F)F. The molecule has 2 N–H and O–H groups in total. The Balaban J connectivity index is 2.02. The molecule has 2 aromatic rings. The molecule has 0 aromatic heterocycles. The molecule has 0 radical (unpaired) electrons. The van der Waals surface area contributed by atoms with Gasteiger partial charge in [-0.05, 0) is 23.8 Å². The molecule has 7 nitrogen and oxygen atoms in total. The minimum absolute atomic E-state index is 0.160. The molecule has 2 rings (SSSR count). The molecule has 0 saturated heterocycles. The lowest BCUT2D eigenvalue weighted by molar-refractivity contribution is -0.153. The van der Waals surface area contributed by atoms with Crippen LogP contribution in [0, 0.1) is 0 Å². The van der Waals surface area contributed by atoms with Crippen molar-refractivity contribution in [1.82, 2.24) is 10.6 Å². The zero-order valence-corrected chi connectivity index (χ0v) is 17.8. The first kappa shape index (κ1) is 24.0. The van der Waals surface area contributed by atoms with Crippen LogP contribution in [-0.4, -0.2) is 47.1 Å². The minimum Gasteiger partial charge on any atom is -0.493 e. The van der Waals surface area contributed by atoms with Gasteiger partial charge in [-0.2, -0.15) is 13.2 Å². The number of hydrogen-bond acceptors (Lipinski definition) is 5. The van der Waals surface area contributed by atoms with Gasteiger partial charge in [0, 0.05) is 25.7 Å². The summed E-state index contributed by atoms with van der Waals surface area (Å²) in [5.74, 6) is 2.16. The van der Waals surface area contributed by atoms with Gasteiger partial charge in [0.05, 0.1) is 21.3 Å². The molecule has 31 heavy (non-hydrogen) atoms. The topological polar surface area (TPSA) is 73.3 Å². The van der Waals surface area contributed by atoms with Crippen LogP contribution < -0.4 is 29.6 Å². The van der Waals surface area contributed by atoms with Gasteiger partial charge in [0.1, 0.15) is 5.75 Å². The molecule has 0 saturated carbocycles. The van der Waals surface area contributed by atoms with Crippen LogP contribution in [0.15, 0.2) is 41.4 Å². The van der Waals surface area contributed by atoms with Crippen molar-refractivity contribution in [2.75, 3.05) is 35.0 Å². The van der Waals surface area contributed by atoms with Gasteiger partial charge in [-0.25, -0.2) is 0 Å². The highest BCUT2D eigenvalue weighted by atomic mass is 19.4. The fourth-order valence-electron chi connectivity index (χ4n) is 2.77. The fourth-order valence-corrected chi connectivity index (χ4v) is 2.77. The van der Waals surface area contributed by atoms with Crippen molar-refractivity contribution >= 4 is 5.96 Å². The molecule has 10 heteroatoms. The van der Waals surface area contributed by atoms with Gasteiger partial charge in [-0.3, -0.25) is 4.99 Å². The number of nitrogens with zero attached hydrogens (tertiary/aromatic N) is 1. The van der Waals surface area contributed by atoms with Crippen molar-refractivity contribution in [2.24, 2.45) is 4.99 Å². The quantitative estimate of drug-likeness (QED) is 0.458. The highest BCUT2D eigenvalue weighted by Crippen LogP contribution is 2.38. The van der Waals surface area contributed by atoms with Crippen molar-refractivity contribution in [3.63, 3.8) is 0 Å². The molecule has 0 amide bonds. The summed E-state index contributed by atoms with van der Waals surface area (Å²) in [7, 11) is 6.19. The molecular formula is C21H26F3N3O4. The Hall–Kier alpha value is -3.30. The van der Waals surface area contributed by atoms with Crippen molar-refractivity contribution in [1.29, 1.82) is 0 Å². The normalized spacial score (nSPS) is 11.6. The first-order valence-corrected chi connectivity index (χ1v) is 9.32. The van der Waals surface area contributed by atoms with E-state index in [1.807, 2.05) is 12.1 Å². The van der Waals surface area contributed by atoms with E-state index in [9.17, 15) is 13.2 Å². The number of halogens is 3. The van der Waals surface area contributed by atoms with E-state index >= 15 is 0 Å². The number of para-hydroxylation sites is 1. The molecule has 0 atom stereocenters. The zero-order valence-electron chi connectivity index (χ0n) is 17.8. The Morgan fingerprint density at radius 1 is 0.903 bits per heavy atom. The van der Waals surface area contributed by atoms with Gasteiger partial charge in [-0.15, -0.1) is 0 Å². The van der Waals surface area contributed by atoms with Crippen molar-refractivity contribution in [3.8, 4) is 23.0 Å². The van der Waals surface area contributed by atoms with E-state index in [1.54, 1.807) is 25.2 Å². The van der Waals surface area contributed by atoms with E-state index in [0.29, 0.717) is 35.3 Å². The highest BCUT2D eigenvalue weighted by Gasteiger charge is 2.28. The van der Waals surface area contributed by atoms with Gasteiger partial charge in [0.25, 0.3) is 0 Å². The van der Waals surface area contributed by atoms with Crippen molar-refractivity contribution < 1.29 is 32.1 Å². The number of rotatable bonds is 9. The van der Waals surface area contributed by atoms with Gasteiger partial charge >= 0.3 is 6.18 Å². The van der Waals surface area contributed by atoms with Crippen LogP contribution in [0.1, 0.15) is 11.1 Å². The monoisotopic (exact) mass is 441 g/mol. The van der Waals surface area contributed by atoms with Crippen LogP contribution in [0.5, 0.6) is 23.0 Å². The Morgan fingerprint density at radius 2 is 1.52 bits per heavy atom. The van der Waals surface area contributed by atoms with Crippen molar-refractivity contribution in [3.05, 3.63) is 47.5 Å². The van der Waals surface area contributed by atoms with Crippen molar-refractivity contribution in [2.45, 2.75) is 19.3 Å². The Labute approximate surface area is 179 Å². The average molecular weight is 441 g/mol. The second kappa shape index (κ2) is 11.2. The largest absolute Gasteiger partial charge is 0.493 e. The van der Waals surface area contributed by atoms with E-state index in [4.69, 9.17) is 18.9 Å². The lowest BCUT2D eigenvalue weighted by atomic mass is 10.1. The van der Waals surface area contributed by atoms with E-state index in [-0.39, 0.29) is 12.3 Å². The van der Waals surface area contributed by atoms with Crippen LogP contribution in [0.25, 0.3) is 0 Å². The molecule has 0 spiro atoms. The molecule has 0 bridgehead atoms. The van der Waals surface area contributed by atoms with Crippen LogP contribution in [0.4, 0.5) is 13.2 Å². The summed E-state index contributed by atoms with van der Waals surface area (Å²) in [5.41, 5.74) is 1.42. The lowest BCUT2D eigenvalue weighted by Gasteiger charge is -2.17. The van der Waals surface area contributed by atoms with E-state index in [2.05, 4.69) is 15.6 Å². The van der Waals surface area contributed by atoms with Gasteiger partial charge < -0.3 is 29.6 Å².